The molecule has 0 aromatic carbocycles. The summed E-state index contributed by atoms with van der Waals surface area (Å²) in [4.78, 5) is 0. The van der Waals surface area contributed by atoms with E-state index in [1.165, 1.54) is 0 Å². The van der Waals surface area contributed by atoms with Gasteiger partial charge >= 0.3 is 0 Å². The summed E-state index contributed by atoms with van der Waals surface area (Å²) in [6.07, 6.45) is 3.79. The Hall–Kier alpha value is -0.120. The van der Waals surface area contributed by atoms with Gasteiger partial charge in [0.05, 0.1) is 6.10 Å². The predicted octanol–water partition coefficient (Wildman–Crippen LogP) is 2.30. The van der Waals surface area contributed by atoms with E-state index in [1.807, 2.05) is 0 Å². The molecule has 0 amide bonds. The second-order valence-electron chi connectivity index (χ2n) is 6.60. The predicted molar refractivity (Wildman–Crippen MR) is 73.1 cm³/mol. The van der Waals surface area contributed by atoms with Crippen molar-refractivity contribution >= 4 is 0 Å². The molecular weight excluding hydrogens is 212 g/mol. The van der Waals surface area contributed by atoms with Crippen molar-refractivity contribution in [2.24, 2.45) is 11.1 Å². The monoisotopic (exact) mass is 242 g/mol. The second kappa shape index (κ2) is 5.68. The molecule has 0 saturated heterocycles. The first-order valence-electron chi connectivity index (χ1n) is 6.91. The summed E-state index contributed by atoms with van der Waals surface area (Å²) in [5.74, 6) is 0. The van der Waals surface area contributed by atoms with Crippen LogP contribution in [0.25, 0.3) is 0 Å². The molecule has 0 radical (unpaired) electrons. The average Bonchev–Trinajstić information content (AvgIpc) is 2.19. The average molecular weight is 242 g/mol. The van der Waals surface area contributed by atoms with Crippen LogP contribution in [-0.2, 0) is 4.74 Å². The zero-order valence-corrected chi connectivity index (χ0v) is 12.2. The highest BCUT2D eigenvalue weighted by Crippen LogP contribution is 2.42. The van der Waals surface area contributed by atoms with Crippen molar-refractivity contribution in [1.29, 1.82) is 0 Å². The zero-order valence-electron chi connectivity index (χ0n) is 12.2. The standard InChI is InChI=1S/C14H30N2O/c1-6-17-12-10-11(14(12,4)5)16-9-7-8-13(2,3)15/h11-12,16H,6-10,15H2,1-5H3. The fraction of sp³-hybridized carbons (Fsp3) is 1.00. The van der Waals surface area contributed by atoms with Gasteiger partial charge in [0.1, 0.15) is 0 Å². The molecule has 0 bridgehead atoms. The van der Waals surface area contributed by atoms with E-state index in [2.05, 4.69) is 39.9 Å². The van der Waals surface area contributed by atoms with Gasteiger partial charge in [-0.1, -0.05) is 13.8 Å². The molecule has 1 rings (SSSR count). The number of ether oxygens (including phenoxy) is 1. The van der Waals surface area contributed by atoms with Crippen LogP contribution < -0.4 is 11.1 Å². The Kier molecular flexibility index (Phi) is 4.99. The summed E-state index contributed by atoms with van der Waals surface area (Å²) in [7, 11) is 0. The van der Waals surface area contributed by atoms with Gasteiger partial charge in [0.25, 0.3) is 0 Å². The Labute approximate surface area is 106 Å². The molecule has 0 aliphatic heterocycles. The molecule has 1 aliphatic carbocycles. The third kappa shape index (κ3) is 4.23. The Morgan fingerprint density at radius 3 is 2.53 bits per heavy atom. The summed E-state index contributed by atoms with van der Waals surface area (Å²) in [6, 6.07) is 0.597. The Morgan fingerprint density at radius 2 is 2.06 bits per heavy atom. The van der Waals surface area contributed by atoms with Crippen LogP contribution in [0.2, 0.25) is 0 Å². The van der Waals surface area contributed by atoms with Crippen molar-refractivity contribution in [3.63, 3.8) is 0 Å². The minimum Gasteiger partial charge on any atom is -0.378 e. The lowest BCUT2D eigenvalue weighted by atomic mass is 9.64. The normalized spacial score (nSPS) is 27.9. The van der Waals surface area contributed by atoms with E-state index in [4.69, 9.17) is 10.5 Å². The molecule has 3 nitrogen and oxygen atoms in total. The minimum absolute atomic E-state index is 0.0370. The molecule has 0 spiro atoms. The highest BCUT2D eigenvalue weighted by atomic mass is 16.5. The molecule has 0 aromatic rings. The lowest BCUT2D eigenvalue weighted by molar-refractivity contribution is -0.114. The summed E-state index contributed by atoms with van der Waals surface area (Å²) in [5.41, 5.74) is 6.20. The van der Waals surface area contributed by atoms with Crippen molar-refractivity contribution in [2.45, 2.75) is 71.6 Å². The molecule has 1 fully saturated rings. The van der Waals surface area contributed by atoms with E-state index in [9.17, 15) is 0 Å². The van der Waals surface area contributed by atoms with Crippen LogP contribution in [-0.4, -0.2) is 30.8 Å². The van der Waals surface area contributed by atoms with E-state index in [1.54, 1.807) is 0 Å². The van der Waals surface area contributed by atoms with Gasteiger partial charge in [-0.3, -0.25) is 0 Å². The first-order valence-corrected chi connectivity index (χ1v) is 6.91. The third-order valence-electron chi connectivity index (χ3n) is 3.93. The van der Waals surface area contributed by atoms with Crippen molar-refractivity contribution in [3.05, 3.63) is 0 Å². The van der Waals surface area contributed by atoms with Crippen LogP contribution in [0.5, 0.6) is 0 Å². The van der Waals surface area contributed by atoms with Crippen molar-refractivity contribution in [3.8, 4) is 0 Å². The highest BCUT2D eigenvalue weighted by Gasteiger charge is 2.48. The fourth-order valence-electron chi connectivity index (χ4n) is 2.54. The zero-order chi connectivity index (χ0) is 13.1. The second-order valence-corrected chi connectivity index (χ2v) is 6.60. The maximum atomic E-state index is 5.97. The van der Waals surface area contributed by atoms with E-state index in [0.717, 1.165) is 32.4 Å². The maximum absolute atomic E-state index is 5.97. The summed E-state index contributed by atoms with van der Waals surface area (Å²) in [5, 5.41) is 3.63. The molecule has 1 saturated carbocycles. The van der Waals surface area contributed by atoms with Crippen LogP contribution in [0.1, 0.15) is 53.9 Å². The number of nitrogens with one attached hydrogen (secondary N) is 1. The molecule has 1 aliphatic rings. The third-order valence-corrected chi connectivity index (χ3v) is 3.93. The summed E-state index contributed by atoms with van der Waals surface area (Å²) in [6.45, 7) is 12.7. The van der Waals surface area contributed by atoms with E-state index in [0.29, 0.717) is 12.1 Å². The molecule has 2 unspecified atom stereocenters. The minimum atomic E-state index is -0.0370. The van der Waals surface area contributed by atoms with Gasteiger partial charge in [-0.25, -0.2) is 0 Å². The summed E-state index contributed by atoms with van der Waals surface area (Å²) >= 11 is 0. The Bertz CT molecular complexity index is 233. The molecular formula is C14H30N2O. The van der Waals surface area contributed by atoms with Gasteiger partial charge in [0.2, 0.25) is 0 Å². The number of hydrogen-bond donors (Lipinski definition) is 2. The van der Waals surface area contributed by atoms with Crippen LogP contribution in [0.15, 0.2) is 0 Å². The lowest BCUT2D eigenvalue weighted by Gasteiger charge is -2.52. The van der Waals surface area contributed by atoms with Crippen LogP contribution >= 0.6 is 0 Å². The highest BCUT2D eigenvalue weighted by molar-refractivity contribution is 5.02. The van der Waals surface area contributed by atoms with Gasteiger partial charge in [-0.05, 0) is 46.6 Å². The van der Waals surface area contributed by atoms with Gasteiger partial charge < -0.3 is 15.8 Å². The van der Waals surface area contributed by atoms with E-state index >= 15 is 0 Å². The topological polar surface area (TPSA) is 47.3 Å². The van der Waals surface area contributed by atoms with Crippen LogP contribution in [0, 0.1) is 5.41 Å². The first kappa shape index (κ1) is 14.9. The molecule has 17 heavy (non-hydrogen) atoms. The smallest absolute Gasteiger partial charge is 0.0655 e. The van der Waals surface area contributed by atoms with Crippen LogP contribution in [0.4, 0.5) is 0 Å². The van der Waals surface area contributed by atoms with Crippen molar-refractivity contribution in [1.82, 2.24) is 5.32 Å². The molecule has 3 heteroatoms. The van der Waals surface area contributed by atoms with Crippen molar-refractivity contribution < 1.29 is 4.74 Å². The van der Waals surface area contributed by atoms with Crippen molar-refractivity contribution in [2.75, 3.05) is 13.2 Å². The maximum Gasteiger partial charge on any atom is 0.0655 e. The Balaban J connectivity index is 2.18. The largest absolute Gasteiger partial charge is 0.378 e. The summed E-state index contributed by atoms with van der Waals surface area (Å²) < 4.78 is 5.72. The van der Waals surface area contributed by atoms with Gasteiger partial charge in [-0.2, -0.15) is 0 Å². The van der Waals surface area contributed by atoms with E-state index in [-0.39, 0.29) is 11.0 Å². The van der Waals surface area contributed by atoms with Crippen LogP contribution in [0.3, 0.4) is 0 Å². The number of rotatable bonds is 7. The molecule has 0 heterocycles. The Morgan fingerprint density at radius 1 is 1.41 bits per heavy atom. The number of nitrogens with two attached hydrogens (primary N) is 1. The van der Waals surface area contributed by atoms with Gasteiger partial charge in [0, 0.05) is 23.6 Å². The molecule has 3 N–H and O–H groups in total. The van der Waals surface area contributed by atoms with Gasteiger partial charge in [0.15, 0.2) is 0 Å². The quantitative estimate of drug-likeness (QED) is 0.673. The lowest BCUT2D eigenvalue weighted by Crippen LogP contribution is -2.61. The fourth-order valence-corrected chi connectivity index (χ4v) is 2.54. The molecule has 102 valence electrons. The van der Waals surface area contributed by atoms with E-state index < -0.39 is 0 Å². The first-order chi connectivity index (χ1) is 7.77. The number of hydrogen-bond acceptors (Lipinski definition) is 3. The SMILES string of the molecule is CCOC1CC(NCCCC(C)(C)N)C1(C)C. The van der Waals surface area contributed by atoms with Gasteiger partial charge in [-0.15, -0.1) is 0 Å². The molecule has 0 aromatic heterocycles. The molecule has 2 atom stereocenters.